The van der Waals surface area contributed by atoms with Crippen molar-refractivity contribution >= 4 is 27.5 Å². The van der Waals surface area contributed by atoms with Gasteiger partial charge in [0, 0.05) is 11.5 Å². The van der Waals surface area contributed by atoms with E-state index in [1.54, 1.807) is 4.68 Å². The average molecular weight is 316 g/mol. The van der Waals surface area contributed by atoms with Crippen molar-refractivity contribution in [2.24, 2.45) is 7.05 Å². The molecule has 2 aromatic rings. The highest BCUT2D eigenvalue weighted by atomic mass is 79.9. The lowest BCUT2D eigenvalue weighted by atomic mass is 10.3. The number of aryl methyl sites for hydroxylation is 2. The molecule has 1 aromatic carbocycles. The van der Waals surface area contributed by atoms with Crippen LogP contribution in [0, 0.1) is 6.92 Å². The van der Waals surface area contributed by atoms with E-state index in [4.69, 9.17) is 16.3 Å². The number of hydrogen-bond donors (Lipinski definition) is 0. The molecule has 90 valence electrons. The fourth-order valence-electron chi connectivity index (χ4n) is 1.52. The third kappa shape index (κ3) is 2.82. The monoisotopic (exact) mass is 314 g/mol. The molecule has 2 rings (SSSR count). The topological polar surface area (TPSA) is 27.1 Å². The molecule has 0 saturated heterocycles. The van der Waals surface area contributed by atoms with Crippen LogP contribution in [0.4, 0.5) is 0 Å². The fourth-order valence-corrected chi connectivity index (χ4v) is 2.00. The molecule has 3 nitrogen and oxygen atoms in total. The van der Waals surface area contributed by atoms with E-state index in [-0.39, 0.29) is 0 Å². The van der Waals surface area contributed by atoms with Gasteiger partial charge in [0.2, 0.25) is 0 Å². The van der Waals surface area contributed by atoms with Gasteiger partial charge in [0.1, 0.15) is 12.4 Å². The number of nitrogens with zero attached hydrogens (tertiary/aromatic N) is 2. The quantitative estimate of drug-likeness (QED) is 0.863. The molecule has 0 radical (unpaired) electrons. The lowest BCUT2D eigenvalue weighted by Crippen LogP contribution is -2.03. The third-order valence-electron chi connectivity index (χ3n) is 2.45. The van der Waals surface area contributed by atoms with E-state index in [0.29, 0.717) is 11.6 Å². The lowest BCUT2D eigenvalue weighted by molar-refractivity contribution is 0.295. The average Bonchev–Trinajstić information content (AvgIpc) is 2.54. The molecule has 1 heterocycles. The zero-order chi connectivity index (χ0) is 12.4. The lowest BCUT2D eigenvalue weighted by Gasteiger charge is -2.06. The minimum atomic E-state index is 0.414. The molecular formula is C12H12BrClN2O. The predicted molar refractivity (Wildman–Crippen MR) is 71.4 cm³/mol. The zero-order valence-electron chi connectivity index (χ0n) is 9.58. The molecule has 5 heteroatoms. The SMILES string of the molecule is Cc1nn(C)c(COc2ccc(Br)cc2)c1Cl. The Bertz CT molecular complexity index is 522. The standard InChI is InChI=1S/C12H12BrClN2O/c1-8-12(14)11(16(2)15-8)7-17-10-5-3-9(13)4-6-10/h3-6H,7H2,1-2H3. The first-order valence-corrected chi connectivity index (χ1v) is 6.31. The molecule has 0 unspecified atom stereocenters. The van der Waals surface area contributed by atoms with Gasteiger partial charge < -0.3 is 4.74 Å². The second-order valence-electron chi connectivity index (χ2n) is 3.71. The van der Waals surface area contributed by atoms with Crippen molar-refractivity contribution in [2.75, 3.05) is 0 Å². The number of aromatic nitrogens is 2. The van der Waals surface area contributed by atoms with Crippen LogP contribution in [-0.4, -0.2) is 9.78 Å². The molecule has 0 amide bonds. The zero-order valence-corrected chi connectivity index (χ0v) is 11.9. The van der Waals surface area contributed by atoms with Gasteiger partial charge in [-0.25, -0.2) is 0 Å². The molecule has 0 aliphatic rings. The van der Waals surface area contributed by atoms with Crippen molar-refractivity contribution in [3.8, 4) is 5.75 Å². The molecule has 0 saturated carbocycles. The minimum Gasteiger partial charge on any atom is -0.487 e. The van der Waals surface area contributed by atoms with Crippen LogP contribution in [0.2, 0.25) is 5.02 Å². The summed E-state index contributed by atoms with van der Waals surface area (Å²) in [7, 11) is 1.86. The summed E-state index contributed by atoms with van der Waals surface area (Å²) < 4.78 is 8.43. The van der Waals surface area contributed by atoms with Crippen LogP contribution >= 0.6 is 27.5 Å². The van der Waals surface area contributed by atoms with Crippen molar-refractivity contribution in [3.05, 3.63) is 45.1 Å². The summed E-state index contributed by atoms with van der Waals surface area (Å²) in [6.45, 7) is 2.29. The number of halogens is 2. The molecular weight excluding hydrogens is 304 g/mol. The summed E-state index contributed by atoms with van der Waals surface area (Å²) in [5, 5.41) is 4.91. The maximum absolute atomic E-state index is 6.13. The summed E-state index contributed by atoms with van der Waals surface area (Å²) in [5.74, 6) is 0.808. The predicted octanol–water partition coefficient (Wildman–Crippen LogP) is 3.72. The molecule has 0 fully saturated rings. The van der Waals surface area contributed by atoms with Crippen LogP contribution in [0.3, 0.4) is 0 Å². The van der Waals surface area contributed by atoms with E-state index in [9.17, 15) is 0 Å². The van der Waals surface area contributed by atoms with E-state index in [1.165, 1.54) is 0 Å². The number of benzene rings is 1. The normalized spacial score (nSPS) is 10.6. The summed E-state index contributed by atoms with van der Waals surface area (Å²) in [5.41, 5.74) is 1.70. The van der Waals surface area contributed by atoms with E-state index in [0.717, 1.165) is 21.6 Å². The van der Waals surface area contributed by atoms with Crippen LogP contribution in [0.15, 0.2) is 28.7 Å². The Kier molecular flexibility index (Phi) is 3.74. The van der Waals surface area contributed by atoms with Crippen molar-refractivity contribution in [3.63, 3.8) is 0 Å². The van der Waals surface area contributed by atoms with Crippen LogP contribution < -0.4 is 4.74 Å². The first-order valence-electron chi connectivity index (χ1n) is 5.14. The van der Waals surface area contributed by atoms with Gasteiger partial charge in [0.15, 0.2) is 0 Å². The van der Waals surface area contributed by atoms with Crippen molar-refractivity contribution < 1.29 is 4.74 Å². The number of ether oxygens (including phenoxy) is 1. The van der Waals surface area contributed by atoms with E-state index in [1.807, 2.05) is 38.2 Å². The largest absolute Gasteiger partial charge is 0.487 e. The smallest absolute Gasteiger partial charge is 0.131 e. The van der Waals surface area contributed by atoms with Gasteiger partial charge in [-0.05, 0) is 31.2 Å². The van der Waals surface area contributed by atoms with Crippen molar-refractivity contribution in [2.45, 2.75) is 13.5 Å². The second kappa shape index (κ2) is 5.10. The van der Waals surface area contributed by atoms with Crippen molar-refractivity contribution in [1.82, 2.24) is 9.78 Å². The van der Waals surface area contributed by atoms with E-state index >= 15 is 0 Å². The van der Waals surface area contributed by atoms with E-state index in [2.05, 4.69) is 21.0 Å². The van der Waals surface area contributed by atoms with Crippen LogP contribution in [0.1, 0.15) is 11.4 Å². The van der Waals surface area contributed by atoms with Crippen LogP contribution in [0.25, 0.3) is 0 Å². The molecule has 0 atom stereocenters. The summed E-state index contributed by atoms with van der Waals surface area (Å²) in [4.78, 5) is 0. The van der Waals surface area contributed by atoms with Gasteiger partial charge in [-0.15, -0.1) is 0 Å². The first kappa shape index (κ1) is 12.5. The Balaban J connectivity index is 2.09. The number of rotatable bonds is 3. The van der Waals surface area contributed by atoms with Gasteiger partial charge in [-0.2, -0.15) is 5.10 Å². The Labute approximate surface area is 113 Å². The Hall–Kier alpha value is -1.000. The fraction of sp³-hybridized carbons (Fsp3) is 0.250. The maximum Gasteiger partial charge on any atom is 0.131 e. The van der Waals surface area contributed by atoms with Crippen LogP contribution in [-0.2, 0) is 13.7 Å². The minimum absolute atomic E-state index is 0.414. The first-order chi connectivity index (χ1) is 8.08. The molecule has 0 N–H and O–H groups in total. The van der Waals surface area contributed by atoms with Crippen LogP contribution in [0.5, 0.6) is 5.75 Å². The highest BCUT2D eigenvalue weighted by molar-refractivity contribution is 9.10. The second-order valence-corrected chi connectivity index (χ2v) is 5.01. The van der Waals surface area contributed by atoms with Gasteiger partial charge in [-0.3, -0.25) is 4.68 Å². The van der Waals surface area contributed by atoms with Gasteiger partial charge >= 0.3 is 0 Å². The van der Waals surface area contributed by atoms with Gasteiger partial charge in [0.25, 0.3) is 0 Å². The molecule has 0 aliphatic heterocycles. The molecule has 0 spiro atoms. The Morgan fingerprint density at radius 1 is 1.35 bits per heavy atom. The molecule has 1 aromatic heterocycles. The highest BCUT2D eigenvalue weighted by Gasteiger charge is 2.11. The van der Waals surface area contributed by atoms with Gasteiger partial charge in [-0.1, -0.05) is 27.5 Å². The van der Waals surface area contributed by atoms with Gasteiger partial charge in [0.05, 0.1) is 16.4 Å². The highest BCUT2D eigenvalue weighted by Crippen LogP contribution is 2.22. The summed E-state index contributed by atoms with van der Waals surface area (Å²) >= 11 is 9.51. The summed E-state index contributed by atoms with van der Waals surface area (Å²) in [6, 6.07) is 7.68. The Morgan fingerprint density at radius 3 is 2.53 bits per heavy atom. The summed E-state index contributed by atoms with van der Waals surface area (Å²) in [6.07, 6.45) is 0. The van der Waals surface area contributed by atoms with Crippen molar-refractivity contribution in [1.29, 1.82) is 0 Å². The maximum atomic E-state index is 6.13. The number of hydrogen-bond acceptors (Lipinski definition) is 2. The third-order valence-corrected chi connectivity index (χ3v) is 3.47. The molecule has 0 bridgehead atoms. The Morgan fingerprint density at radius 2 is 2.00 bits per heavy atom. The van der Waals surface area contributed by atoms with E-state index < -0.39 is 0 Å². The molecule has 17 heavy (non-hydrogen) atoms. The molecule has 0 aliphatic carbocycles.